The quantitative estimate of drug-likeness (QED) is 0.594. The lowest BCUT2D eigenvalue weighted by Gasteiger charge is -2.15. The lowest BCUT2D eigenvalue weighted by Crippen LogP contribution is -2.24. The fourth-order valence-electron chi connectivity index (χ4n) is 4.02. The summed E-state index contributed by atoms with van der Waals surface area (Å²) in [6, 6.07) is 7.72. The third-order valence-corrected chi connectivity index (χ3v) is 5.76. The van der Waals surface area contributed by atoms with E-state index < -0.39 is 11.9 Å². The van der Waals surface area contributed by atoms with Gasteiger partial charge in [-0.3, -0.25) is 14.2 Å². The molecule has 2 heterocycles. The third-order valence-electron chi connectivity index (χ3n) is 5.76. The first kappa shape index (κ1) is 22.3. The van der Waals surface area contributed by atoms with Crippen molar-refractivity contribution in [2.45, 2.75) is 32.2 Å². The first-order chi connectivity index (χ1) is 16.0. The van der Waals surface area contributed by atoms with E-state index in [1.807, 2.05) is 0 Å². The summed E-state index contributed by atoms with van der Waals surface area (Å²) in [4.78, 5) is 42.9. The Balaban J connectivity index is 1.72. The number of anilines is 1. The van der Waals surface area contributed by atoms with Gasteiger partial charge in [0.25, 0.3) is 11.5 Å². The molecule has 0 saturated heterocycles. The van der Waals surface area contributed by atoms with Crippen molar-refractivity contribution in [3.63, 3.8) is 0 Å². The summed E-state index contributed by atoms with van der Waals surface area (Å²) in [6.45, 7) is 0.662. The van der Waals surface area contributed by atoms with Gasteiger partial charge in [0.15, 0.2) is 11.5 Å². The molecule has 0 radical (unpaired) electrons. The van der Waals surface area contributed by atoms with E-state index in [1.54, 1.807) is 22.8 Å². The molecule has 2 aromatic carbocycles. The average molecular weight is 451 g/mol. The maximum absolute atomic E-state index is 13.1. The van der Waals surface area contributed by atoms with Crippen molar-refractivity contribution in [2.75, 3.05) is 26.6 Å². The summed E-state index contributed by atoms with van der Waals surface area (Å²) in [5.74, 6) is 0.312. The molecule has 1 amide bonds. The van der Waals surface area contributed by atoms with E-state index in [0.29, 0.717) is 34.5 Å². The monoisotopic (exact) mass is 451 g/mol. The topological polar surface area (TPSA) is 109 Å². The van der Waals surface area contributed by atoms with Crippen LogP contribution in [0.25, 0.3) is 10.9 Å². The van der Waals surface area contributed by atoms with E-state index in [2.05, 4.69) is 10.3 Å². The Morgan fingerprint density at radius 3 is 2.48 bits per heavy atom. The number of ether oxygens (including phenoxy) is 3. The number of esters is 1. The molecule has 1 aliphatic rings. The molecule has 1 aromatic heterocycles. The van der Waals surface area contributed by atoms with Crippen molar-refractivity contribution in [2.24, 2.45) is 0 Å². The number of amides is 1. The van der Waals surface area contributed by atoms with Crippen LogP contribution < -0.4 is 20.3 Å². The Morgan fingerprint density at radius 2 is 1.76 bits per heavy atom. The highest BCUT2D eigenvalue weighted by molar-refractivity contribution is 6.09. The van der Waals surface area contributed by atoms with Crippen molar-refractivity contribution in [3.05, 3.63) is 57.6 Å². The predicted octanol–water partition coefficient (Wildman–Crippen LogP) is 3.18. The van der Waals surface area contributed by atoms with Gasteiger partial charge in [-0.2, -0.15) is 0 Å². The molecular weight excluding hydrogens is 426 g/mol. The minimum absolute atomic E-state index is 0.0864. The second kappa shape index (κ2) is 9.32. The van der Waals surface area contributed by atoms with E-state index in [9.17, 15) is 14.4 Å². The second-order valence-corrected chi connectivity index (χ2v) is 7.73. The Hall–Kier alpha value is -3.88. The van der Waals surface area contributed by atoms with Gasteiger partial charge in [0.2, 0.25) is 0 Å². The molecule has 33 heavy (non-hydrogen) atoms. The fraction of sp³-hybridized carbons (Fsp3) is 0.333. The molecule has 0 bridgehead atoms. The first-order valence-corrected chi connectivity index (χ1v) is 10.7. The summed E-state index contributed by atoms with van der Waals surface area (Å²) >= 11 is 0. The van der Waals surface area contributed by atoms with E-state index in [0.717, 1.165) is 31.5 Å². The van der Waals surface area contributed by atoms with Crippen LogP contribution in [0.5, 0.6) is 11.5 Å². The fourth-order valence-corrected chi connectivity index (χ4v) is 4.02. The lowest BCUT2D eigenvalue weighted by molar-refractivity contribution is 0.0601. The van der Waals surface area contributed by atoms with Crippen LogP contribution in [-0.4, -0.2) is 42.8 Å². The van der Waals surface area contributed by atoms with Crippen LogP contribution in [0.4, 0.5) is 5.69 Å². The highest BCUT2D eigenvalue weighted by atomic mass is 16.5. The van der Waals surface area contributed by atoms with Gasteiger partial charge in [-0.15, -0.1) is 0 Å². The maximum atomic E-state index is 13.1. The summed E-state index contributed by atoms with van der Waals surface area (Å²) in [5.41, 5.74) is 1.02. The van der Waals surface area contributed by atoms with Crippen LogP contribution in [0.2, 0.25) is 0 Å². The largest absolute Gasteiger partial charge is 0.493 e. The standard InChI is InChI=1S/C24H25N3O6/c1-31-19-12-16(24(30)33-3)18(13-20(19)32-2)26-22(28)14-8-9-15-17(11-14)25-21-7-5-4-6-10-27(21)23(15)29/h8-9,11-13H,4-7,10H2,1-3H3,(H,26,28). The molecule has 1 aliphatic heterocycles. The zero-order valence-corrected chi connectivity index (χ0v) is 18.8. The molecule has 4 rings (SSSR count). The molecular formula is C24H25N3O6. The van der Waals surface area contributed by atoms with Crippen molar-refractivity contribution in [1.29, 1.82) is 0 Å². The number of fused-ring (bicyclic) bond motifs is 2. The molecule has 0 atom stereocenters. The minimum atomic E-state index is -0.637. The van der Waals surface area contributed by atoms with Crippen LogP contribution >= 0.6 is 0 Å². The van der Waals surface area contributed by atoms with Crippen LogP contribution in [0.3, 0.4) is 0 Å². The van der Waals surface area contributed by atoms with Crippen LogP contribution in [0.1, 0.15) is 45.8 Å². The van der Waals surface area contributed by atoms with E-state index >= 15 is 0 Å². The van der Waals surface area contributed by atoms with Gasteiger partial charge >= 0.3 is 5.97 Å². The number of hydrogen-bond donors (Lipinski definition) is 1. The van der Waals surface area contributed by atoms with Crippen molar-refractivity contribution in [1.82, 2.24) is 9.55 Å². The zero-order chi connectivity index (χ0) is 23.5. The Bertz CT molecular complexity index is 1300. The number of carbonyl (C=O) groups is 2. The summed E-state index contributed by atoms with van der Waals surface area (Å²) in [6.07, 6.45) is 3.72. The second-order valence-electron chi connectivity index (χ2n) is 7.73. The molecule has 0 fully saturated rings. The highest BCUT2D eigenvalue weighted by Crippen LogP contribution is 2.34. The number of hydrogen-bond acceptors (Lipinski definition) is 7. The van der Waals surface area contributed by atoms with Gasteiger partial charge in [0, 0.05) is 30.7 Å². The number of nitrogens with zero attached hydrogens (tertiary/aromatic N) is 2. The number of nitrogens with one attached hydrogen (secondary N) is 1. The number of carbonyl (C=O) groups excluding carboxylic acids is 2. The van der Waals surface area contributed by atoms with E-state index in [1.165, 1.54) is 33.5 Å². The molecule has 9 nitrogen and oxygen atoms in total. The van der Waals surface area contributed by atoms with Crippen LogP contribution in [0, 0.1) is 0 Å². The molecule has 1 N–H and O–H groups in total. The van der Waals surface area contributed by atoms with Gasteiger partial charge in [0.05, 0.1) is 43.5 Å². The zero-order valence-electron chi connectivity index (χ0n) is 18.8. The molecule has 3 aromatic rings. The minimum Gasteiger partial charge on any atom is -0.493 e. The summed E-state index contributed by atoms with van der Waals surface area (Å²) in [7, 11) is 4.15. The molecule has 9 heteroatoms. The summed E-state index contributed by atoms with van der Waals surface area (Å²) in [5, 5.41) is 3.20. The van der Waals surface area contributed by atoms with Gasteiger partial charge in [0.1, 0.15) is 5.82 Å². The van der Waals surface area contributed by atoms with Crippen molar-refractivity contribution >= 4 is 28.5 Å². The number of aromatic nitrogens is 2. The van der Waals surface area contributed by atoms with Gasteiger partial charge < -0.3 is 19.5 Å². The average Bonchev–Trinajstić information content (AvgIpc) is 3.08. The Kier molecular flexibility index (Phi) is 6.30. The van der Waals surface area contributed by atoms with Crippen LogP contribution in [-0.2, 0) is 17.7 Å². The summed E-state index contributed by atoms with van der Waals surface area (Å²) < 4.78 is 17.1. The lowest BCUT2D eigenvalue weighted by atomic mass is 10.1. The molecule has 0 aliphatic carbocycles. The van der Waals surface area contributed by atoms with Crippen LogP contribution in [0.15, 0.2) is 35.1 Å². The smallest absolute Gasteiger partial charge is 0.340 e. The first-order valence-electron chi connectivity index (χ1n) is 10.7. The van der Waals surface area contributed by atoms with Gasteiger partial charge in [-0.25, -0.2) is 9.78 Å². The van der Waals surface area contributed by atoms with E-state index in [4.69, 9.17) is 14.2 Å². The third kappa shape index (κ3) is 4.26. The normalized spacial score (nSPS) is 13.1. The van der Waals surface area contributed by atoms with Crippen molar-refractivity contribution in [3.8, 4) is 11.5 Å². The molecule has 172 valence electrons. The number of aryl methyl sites for hydroxylation is 1. The maximum Gasteiger partial charge on any atom is 0.340 e. The predicted molar refractivity (Wildman–Crippen MR) is 122 cm³/mol. The van der Waals surface area contributed by atoms with E-state index in [-0.39, 0.29) is 16.8 Å². The number of benzene rings is 2. The molecule has 0 unspecified atom stereocenters. The highest BCUT2D eigenvalue weighted by Gasteiger charge is 2.20. The number of methoxy groups -OCH3 is 3. The number of rotatable bonds is 5. The van der Waals surface area contributed by atoms with Gasteiger partial charge in [-0.05, 0) is 31.0 Å². The molecule has 0 saturated carbocycles. The van der Waals surface area contributed by atoms with Gasteiger partial charge in [-0.1, -0.05) is 6.42 Å². The van der Waals surface area contributed by atoms with Crippen molar-refractivity contribution < 1.29 is 23.8 Å². The SMILES string of the molecule is COC(=O)c1cc(OC)c(OC)cc1NC(=O)c1ccc2c(=O)n3c(nc2c1)CCCCC3. The Morgan fingerprint density at radius 1 is 1.00 bits per heavy atom. The Labute approximate surface area is 190 Å². The molecule has 0 spiro atoms.